The molecule has 5 nitrogen and oxygen atoms in total. The Morgan fingerprint density at radius 3 is 2.57 bits per heavy atom. The molecule has 1 aromatic heterocycles. The quantitative estimate of drug-likeness (QED) is 0.743. The molecule has 1 aliphatic heterocycles. The van der Waals surface area contributed by atoms with Gasteiger partial charge in [-0.1, -0.05) is 6.42 Å². The molecule has 0 radical (unpaired) electrons. The lowest BCUT2D eigenvalue weighted by Gasteiger charge is -2.26. The summed E-state index contributed by atoms with van der Waals surface area (Å²) in [7, 11) is 0. The van der Waals surface area contributed by atoms with Gasteiger partial charge in [-0.05, 0) is 45.2 Å². The molecule has 0 spiro atoms. The number of rotatable bonds is 1. The highest BCUT2D eigenvalue weighted by Crippen LogP contribution is 2.40. The highest BCUT2D eigenvalue weighted by Gasteiger charge is 2.34. The third kappa shape index (κ3) is 2.98. The molecule has 1 fully saturated rings. The standard InChI is InChI=1S/C15H20ClN3O2/c1-15(2,3)21-14(20)19-7-10-11(8-19)17-13(16)18-12(10)9-5-4-6-9/h9H,4-8H2,1-3H3. The molecule has 0 bridgehead atoms. The largest absolute Gasteiger partial charge is 0.444 e. The fourth-order valence-corrected chi connectivity index (χ4v) is 2.92. The smallest absolute Gasteiger partial charge is 0.410 e. The minimum atomic E-state index is -0.494. The number of nitrogens with zero attached hydrogens (tertiary/aromatic N) is 3. The summed E-state index contributed by atoms with van der Waals surface area (Å²) in [5.41, 5.74) is 2.46. The maximum atomic E-state index is 12.2. The van der Waals surface area contributed by atoms with E-state index in [-0.39, 0.29) is 11.4 Å². The van der Waals surface area contributed by atoms with Crippen molar-refractivity contribution >= 4 is 17.7 Å². The van der Waals surface area contributed by atoms with Crippen LogP contribution in [-0.2, 0) is 17.8 Å². The number of ether oxygens (including phenoxy) is 1. The Morgan fingerprint density at radius 1 is 1.29 bits per heavy atom. The van der Waals surface area contributed by atoms with Crippen molar-refractivity contribution in [3.63, 3.8) is 0 Å². The summed E-state index contributed by atoms with van der Waals surface area (Å²) in [4.78, 5) is 22.6. The van der Waals surface area contributed by atoms with E-state index in [9.17, 15) is 4.79 Å². The highest BCUT2D eigenvalue weighted by molar-refractivity contribution is 6.28. The van der Waals surface area contributed by atoms with Gasteiger partial charge in [0.25, 0.3) is 0 Å². The lowest BCUT2D eigenvalue weighted by molar-refractivity contribution is 0.0240. The summed E-state index contributed by atoms with van der Waals surface area (Å²) in [6.07, 6.45) is 3.21. The van der Waals surface area contributed by atoms with Crippen LogP contribution in [0.5, 0.6) is 0 Å². The van der Waals surface area contributed by atoms with Crippen LogP contribution in [0.25, 0.3) is 0 Å². The first-order valence-corrected chi connectivity index (χ1v) is 7.74. The molecule has 0 atom stereocenters. The summed E-state index contributed by atoms with van der Waals surface area (Å²) in [5, 5.41) is 0.279. The van der Waals surface area contributed by atoms with Gasteiger partial charge in [-0.15, -0.1) is 0 Å². The molecule has 2 aliphatic rings. The van der Waals surface area contributed by atoms with Crippen molar-refractivity contribution in [2.24, 2.45) is 0 Å². The Labute approximate surface area is 129 Å². The lowest BCUT2D eigenvalue weighted by atomic mass is 9.81. The van der Waals surface area contributed by atoms with E-state index in [0.29, 0.717) is 19.0 Å². The second kappa shape index (κ2) is 5.13. The molecule has 6 heteroatoms. The maximum absolute atomic E-state index is 12.2. The average molecular weight is 310 g/mol. The van der Waals surface area contributed by atoms with Crippen LogP contribution >= 0.6 is 11.6 Å². The van der Waals surface area contributed by atoms with Crippen molar-refractivity contribution in [3.8, 4) is 0 Å². The van der Waals surface area contributed by atoms with Crippen LogP contribution in [0.3, 0.4) is 0 Å². The van der Waals surface area contributed by atoms with E-state index in [1.165, 1.54) is 6.42 Å². The van der Waals surface area contributed by atoms with E-state index >= 15 is 0 Å². The van der Waals surface area contributed by atoms with Gasteiger partial charge in [0, 0.05) is 11.5 Å². The molecule has 0 saturated heterocycles. The molecule has 114 valence electrons. The van der Waals surface area contributed by atoms with Gasteiger partial charge in [-0.25, -0.2) is 14.8 Å². The van der Waals surface area contributed by atoms with Gasteiger partial charge in [0.1, 0.15) is 5.60 Å². The van der Waals surface area contributed by atoms with Crippen LogP contribution in [-0.4, -0.2) is 26.6 Å². The van der Waals surface area contributed by atoms with Crippen LogP contribution in [0.2, 0.25) is 5.28 Å². The van der Waals surface area contributed by atoms with E-state index in [0.717, 1.165) is 29.8 Å². The number of halogens is 1. The van der Waals surface area contributed by atoms with Crippen molar-refractivity contribution in [2.45, 2.75) is 64.6 Å². The van der Waals surface area contributed by atoms with E-state index in [1.807, 2.05) is 20.8 Å². The maximum Gasteiger partial charge on any atom is 0.410 e. The summed E-state index contributed by atoms with van der Waals surface area (Å²) >= 11 is 6.03. The zero-order valence-electron chi connectivity index (χ0n) is 12.6. The number of carbonyl (C=O) groups is 1. The summed E-state index contributed by atoms with van der Waals surface area (Å²) < 4.78 is 5.43. The van der Waals surface area contributed by atoms with Gasteiger partial charge in [0.15, 0.2) is 0 Å². The molecule has 2 heterocycles. The zero-order chi connectivity index (χ0) is 15.2. The van der Waals surface area contributed by atoms with Gasteiger partial charge >= 0.3 is 6.09 Å². The van der Waals surface area contributed by atoms with Crippen LogP contribution in [0, 0.1) is 0 Å². The number of aromatic nitrogens is 2. The van der Waals surface area contributed by atoms with Crippen molar-refractivity contribution in [2.75, 3.05) is 0 Å². The Bertz CT molecular complexity index is 579. The molecule has 0 unspecified atom stereocenters. The van der Waals surface area contributed by atoms with Gasteiger partial charge in [0.05, 0.1) is 24.5 Å². The third-order valence-corrected chi connectivity index (χ3v) is 4.10. The number of carbonyl (C=O) groups excluding carboxylic acids is 1. The fraction of sp³-hybridized carbons (Fsp3) is 0.667. The zero-order valence-corrected chi connectivity index (χ0v) is 13.4. The first-order valence-electron chi connectivity index (χ1n) is 7.36. The first kappa shape index (κ1) is 14.6. The van der Waals surface area contributed by atoms with Gasteiger partial charge in [0.2, 0.25) is 5.28 Å². The molecule has 21 heavy (non-hydrogen) atoms. The molecule has 1 amide bonds. The van der Waals surface area contributed by atoms with Crippen LogP contribution in [0.15, 0.2) is 0 Å². The topological polar surface area (TPSA) is 55.3 Å². The predicted molar refractivity (Wildman–Crippen MR) is 79.1 cm³/mol. The Morgan fingerprint density at radius 2 is 2.00 bits per heavy atom. The first-order chi connectivity index (χ1) is 9.83. The number of hydrogen-bond acceptors (Lipinski definition) is 4. The van der Waals surface area contributed by atoms with Crippen molar-refractivity contribution < 1.29 is 9.53 Å². The number of amides is 1. The summed E-state index contributed by atoms with van der Waals surface area (Å²) in [5.74, 6) is 0.470. The second-order valence-corrected chi connectivity index (χ2v) is 7.11. The van der Waals surface area contributed by atoms with E-state index in [4.69, 9.17) is 16.3 Å². The van der Waals surface area contributed by atoms with E-state index in [1.54, 1.807) is 4.90 Å². The predicted octanol–water partition coefficient (Wildman–Crippen LogP) is 3.65. The van der Waals surface area contributed by atoms with Gasteiger partial charge in [-0.2, -0.15) is 0 Å². The van der Waals surface area contributed by atoms with Crippen LogP contribution < -0.4 is 0 Å². The van der Waals surface area contributed by atoms with Gasteiger partial charge in [-0.3, -0.25) is 4.90 Å². The Hall–Kier alpha value is -1.36. The third-order valence-electron chi connectivity index (χ3n) is 3.93. The molecule has 0 N–H and O–H groups in total. The monoisotopic (exact) mass is 309 g/mol. The van der Waals surface area contributed by atoms with Crippen molar-refractivity contribution in [1.82, 2.24) is 14.9 Å². The minimum absolute atomic E-state index is 0.279. The minimum Gasteiger partial charge on any atom is -0.444 e. The molecule has 1 aromatic rings. The molecule has 1 saturated carbocycles. The Balaban J connectivity index is 1.82. The fourth-order valence-electron chi connectivity index (χ4n) is 2.72. The summed E-state index contributed by atoms with van der Waals surface area (Å²) in [6, 6.07) is 0. The number of hydrogen-bond donors (Lipinski definition) is 0. The second-order valence-electron chi connectivity index (χ2n) is 6.77. The van der Waals surface area contributed by atoms with Gasteiger partial charge < -0.3 is 4.74 Å². The van der Waals surface area contributed by atoms with E-state index in [2.05, 4.69) is 9.97 Å². The normalized spacial score (nSPS) is 18.4. The van der Waals surface area contributed by atoms with Crippen LogP contribution in [0.4, 0.5) is 4.79 Å². The molecule has 1 aliphatic carbocycles. The van der Waals surface area contributed by atoms with Crippen molar-refractivity contribution in [1.29, 1.82) is 0 Å². The van der Waals surface area contributed by atoms with Crippen molar-refractivity contribution in [3.05, 3.63) is 22.2 Å². The Kier molecular flexibility index (Phi) is 3.56. The average Bonchev–Trinajstić information content (AvgIpc) is 2.67. The van der Waals surface area contributed by atoms with Crippen LogP contribution in [0.1, 0.15) is 62.9 Å². The molecular weight excluding hydrogens is 290 g/mol. The van der Waals surface area contributed by atoms with E-state index < -0.39 is 5.60 Å². The molecule has 3 rings (SSSR count). The molecular formula is C15H20ClN3O2. The SMILES string of the molecule is CC(C)(C)OC(=O)N1Cc2nc(Cl)nc(C3CCC3)c2C1. The lowest BCUT2D eigenvalue weighted by Crippen LogP contribution is -2.33. The molecule has 0 aromatic carbocycles. The summed E-state index contributed by atoms with van der Waals surface area (Å²) in [6.45, 7) is 6.57. The number of fused-ring (bicyclic) bond motifs is 1. The highest BCUT2D eigenvalue weighted by atomic mass is 35.5.